The van der Waals surface area contributed by atoms with E-state index in [4.69, 9.17) is 16.3 Å². The van der Waals surface area contributed by atoms with Crippen LogP contribution in [-0.2, 0) is 6.54 Å². The smallest absolute Gasteiger partial charge is 0.253 e. The van der Waals surface area contributed by atoms with Crippen molar-refractivity contribution >= 4 is 17.5 Å². The SMILES string of the molecule is O=C(NCc1ccc(Oc2ccccc2Cl)cc1)c1cccnc1. The van der Waals surface area contributed by atoms with Crippen molar-refractivity contribution in [1.29, 1.82) is 0 Å². The number of hydrogen-bond acceptors (Lipinski definition) is 3. The Balaban J connectivity index is 1.59. The van der Waals surface area contributed by atoms with E-state index in [1.807, 2.05) is 42.5 Å². The van der Waals surface area contributed by atoms with Crippen LogP contribution in [0.2, 0.25) is 5.02 Å². The summed E-state index contributed by atoms with van der Waals surface area (Å²) in [5.74, 6) is 1.14. The van der Waals surface area contributed by atoms with Gasteiger partial charge in [-0.1, -0.05) is 35.9 Å². The third-order valence-corrected chi connectivity index (χ3v) is 3.68. The van der Waals surface area contributed by atoms with Crippen LogP contribution in [0, 0.1) is 0 Å². The second-order valence-corrected chi connectivity index (χ2v) is 5.51. The number of ether oxygens (including phenoxy) is 1. The fourth-order valence-electron chi connectivity index (χ4n) is 2.11. The van der Waals surface area contributed by atoms with Crippen LogP contribution < -0.4 is 10.1 Å². The van der Waals surface area contributed by atoms with E-state index in [1.165, 1.54) is 6.20 Å². The van der Waals surface area contributed by atoms with Crippen LogP contribution in [0.3, 0.4) is 0 Å². The summed E-state index contributed by atoms with van der Waals surface area (Å²) in [6, 6.07) is 18.2. The van der Waals surface area contributed by atoms with Crippen molar-refractivity contribution < 1.29 is 9.53 Å². The first-order chi connectivity index (χ1) is 11.7. The highest BCUT2D eigenvalue weighted by atomic mass is 35.5. The zero-order valence-electron chi connectivity index (χ0n) is 12.8. The summed E-state index contributed by atoms with van der Waals surface area (Å²) in [6.45, 7) is 0.431. The number of carbonyl (C=O) groups excluding carboxylic acids is 1. The first-order valence-electron chi connectivity index (χ1n) is 7.42. The molecule has 0 aliphatic carbocycles. The number of benzene rings is 2. The third-order valence-electron chi connectivity index (χ3n) is 3.36. The lowest BCUT2D eigenvalue weighted by atomic mass is 10.2. The molecular formula is C19H15ClN2O2. The predicted octanol–water partition coefficient (Wildman–Crippen LogP) is 4.46. The van der Waals surface area contributed by atoms with Crippen LogP contribution in [0.1, 0.15) is 15.9 Å². The molecule has 1 heterocycles. The molecule has 0 fully saturated rings. The van der Waals surface area contributed by atoms with Gasteiger partial charge < -0.3 is 10.1 Å². The normalized spacial score (nSPS) is 10.2. The Morgan fingerprint density at radius 3 is 2.54 bits per heavy atom. The molecule has 0 saturated heterocycles. The summed E-state index contributed by atoms with van der Waals surface area (Å²) in [6.07, 6.45) is 3.17. The largest absolute Gasteiger partial charge is 0.456 e. The van der Waals surface area contributed by atoms with Crippen molar-refractivity contribution in [3.63, 3.8) is 0 Å². The van der Waals surface area contributed by atoms with Crippen molar-refractivity contribution in [2.24, 2.45) is 0 Å². The van der Waals surface area contributed by atoms with Gasteiger partial charge in [0, 0.05) is 18.9 Å². The quantitative estimate of drug-likeness (QED) is 0.747. The summed E-state index contributed by atoms with van der Waals surface area (Å²) in [5, 5.41) is 3.41. The second-order valence-electron chi connectivity index (χ2n) is 5.10. The van der Waals surface area contributed by atoms with Gasteiger partial charge in [0.25, 0.3) is 5.91 Å². The van der Waals surface area contributed by atoms with Gasteiger partial charge in [-0.3, -0.25) is 9.78 Å². The molecule has 2 aromatic carbocycles. The van der Waals surface area contributed by atoms with Gasteiger partial charge in [-0.25, -0.2) is 0 Å². The first-order valence-corrected chi connectivity index (χ1v) is 7.80. The number of carbonyl (C=O) groups is 1. The minimum atomic E-state index is -0.153. The van der Waals surface area contributed by atoms with Crippen LogP contribution in [0.15, 0.2) is 73.1 Å². The Morgan fingerprint density at radius 1 is 1.04 bits per heavy atom. The molecule has 0 aliphatic rings. The number of halogens is 1. The molecule has 0 radical (unpaired) electrons. The number of amides is 1. The van der Waals surface area contributed by atoms with Gasteiger partial charge >= 0.3 is 0 Å². The molecule has 5 heteroatoms. The maximum atomic E-state index is 12.0. The highest BCUT2D eigenvalue weighted by molar-refractivity contribution is 6.32. The maximum absolute atomic E-state index is 12.0. The topological polar surface area (TPSA) is 51.2 Å². The fourth-order valence-corrected chi connectivity index (χ4v) is 2.29. The molecule has 1 aromatic heterocycles. The number of hydrogen-bond donors (Lipinski definition) is 1. The Morgan fingerprint density at radius 2 is 1.83 bits per heavy atom. The van der Waals surface area contributed by atoms with Crippen molar-refractivity contribution in [2.75, 3.05) is 0 Å². The maximum Gasteiger partial charge on any atom is 0.253 e. The number of nitrogens with zero attached hydrogens (tertiary/aromatic N) is 1. The molecule has 1 amide bonds. The summed E-state index contributed by atoms with van der Waals surface area (Å²) in [7, 11) is 0. The molecule has 0 atom stereocenters. The summed E-state index contributed by atoms with van der Waals surface area (Å²) in [5.41, 5.74) is 1.51. The summed E-state index contributed by atoms with van der Waals surface area (Å²) in [4.78, 5) is 15.9. The minimum absolute atomic E-state index is 0.153. The van der Waals surface area contributed by atoms with E-state index in [9.17, 15) is 4.79 Å². The van der Waals surface area contributed by atoms with E-state index in [2.05, 4.69) is 10.3 Å². The average molecular weight is 339 g/mol. The molecule has 0 saturated carbocycles. The van der Waals surface area contributed by atoms with Gasteiger partial charge in [-0.15, -0.1) is 0 Å². The lowest BCUT2D eigenvalue weighted by Crippen LogP contribution is -2.22. The van der Waals surface area contributed by atoms with Crippen LogP contribution in [0.5, 0.6) is 11.5 Å². The zero-order chi connectivity index (χ0) is 16.8. The number of aromatic nitrogens is 1. The van der Waals surface area contributed by atoms with Gasteiger partial charge in [0.15, 0.2) is 0 Å². The Labute approximate surface area is 145 Å². The summed E-state index contributed by atoms with van der Waals surface area (Å²) >= 11 is 6.07. The molecule has 4 nitrogen and oxygen atoms in total. The van der Waals surface area contributed by atoms with Crippen molar-refractivity contribution in [1.82, 2.24) is 10.3 Å². The van der Waals surface area contributed by atoms with Gasteiger partial charge in [-0.2, -0.15) is 0 Å². The van der Waals surface area contributed by atoms with Crippen molar-refractivity contribution in [3.8, 4) is 11.5 Å². The molecule has 3 aromatic rings. The average Bonchev–Trinajstić information content (AvgIpc) is 2.63. The summed E-state index contributed by atoms with van der Waals surface area (Å²) < 4.78 is 5.73. The third kappa shape index (κ3) is 4.12. The van der Waals surface area contributed by atoms with E-state index in [-0.39, 0.29) is 5.91 Å². The van der Waals surface area contributed by atoms with Gasteiger partial charge in [0.2, 0.25) is 0 Å². The second kappa shape index (κ2) is 7.62. The molecule has 0 spiro atoms. The van der Waals surface area contributed by atoms with E-state index in [0.717, 1.165) is 5.56 Å². The first kappa shape index (κ1) is 16.0. The van der Waals surface area contributed by atoms with Crippen molar-refractivity contribution in [2.45, 2.75) is 6.54 Å². The molecule has 0 aliphatic heterocycles. The Bertz CT molecular complexity index is 820. The number of pyridine rings is 1. The minimum Gasteiger partial charge on any atom is -0.456 e. The van der Waals surface area contributed by atoms with E-state index in [0.29, 0.717) is 28.6 Å². The number of para-hydroxylation sites is 1. The van der Waals surface area contributed by atoms with Crippen LogP contribution in [0.4, 0.5) is 0 Å². The van der Waals surface area contributed by atoms with E-state index >= 15 is 0 Å². The molecule has 3 rings (SSSR count). The van der Waals surface area contributed by atoms with E-state index in [1.54, 1.807) is 24.4 Å². The van der Waals surface area contributed by atoms with Crippen molar-refractivity contribution in [3.05, 3.63) is 89.2 Å². The lowest BCUT2D eigenvalue weighted by molar-refractivity contribution is 0.0950. The van der Waals surface area contributed by atoms with Crippen LogP contribution in [-0.4, -0.2) is 10.9 Å². The monoisotopic (exact) mass is 338 g/mol. The van der Waals surface area contributed by atoms with Crippen LogP contribution >= 0.6 is 11.6 Å². The Kier molecular flexibility index (Phi) is 5.08. The highest BCUT2D eigenvalue weighted by Crippen LogP contribution is 2.28. The number of nitrogens with one attached hydrogen (secondary N) is 1. The standard InChI is InChI=1S/C19H15ClN2O2/c20-17-5-1-2-6-18(17)24-16-9-7-14(8-10-16)12-22-19(23)15-4-3-11-21-13-15/h1-11,13H,12H2,(H,22,23). The van der Waals surface area contributed by atoms with E-state index < -0.39 is 0 Å². The molecule has 0 unspecified atom stereocenters. The fraction of sp³-hybridized carbons (Fsp3) is 0.0526. The van der Waals surface area contributed by atoms with Gasteiger partial charge in [0.1, 0.15) is 11.5 Å². The molecule has 1 N–H and O–H groups in total. The van der Waals surface area contributed by atoms with Crippen LogP contribution in [0.25, 0.3) is 0 Å². The Hall–Kier alpha value is -2.85. The molecule has 0 bridgehead atoms. The zero-order valence-corrected chi connectivity index (χ0v) is 13.5. The predicted molar refractivity (Wildman–Crippen MR) is 93.4 cm³/mol. The molecule has 120 valence electrons. The number of rotatable bonds is 5. The van der Waals surface area contributed by atoms with Gasteiger partial charge in [-0.05, 0) is 42.0 Å². The lowest BCUT2D eigenvalue weighted by Gasteiger charge is -2.09. The molecular weight excluding hydrogens is 324 g/mol. The highest BCUT2D eigenvalue weighted by Gasteiger charge is 2.05. The molecule has 24 heavy (non-hydrogen) atoms. The van der Waals surface area contributed by atoms with Gasteiger partial charge in [0.05, 0.1) is 10.6 Å².